The maximum atomic E-state index is 10.9. The maximum Gasteiger partial charge on any atom is 0.0148 e. The molecule has 2 heteroatoms. The fraction of sp³-hybridized carbons (Fsp3) is 0.933. The van der Waals surface area contributed by atoms with E-state index in [1.165, 1.54) is 44.9 Å². The van der Waals surface area contributed by atoms with Gasteiger partial charge in [-0.2, -0.15) is 0 Å². The molecule has 0 saturated heterocycles. The SMILES string of the molecule is CCCCC(CC)CCCCCC(C)C(=O)[S-]. The van der Waals surface area contributed by atoms with Gasteiger partial charge in [0.2, 0.25) is 0 Å². The Morgan fingerprint density at radius 3 is 2.12 bits per heavy atom. The minimum atomic E-state index is -0.0700. The maximum absolute atomic E-state index is 10.9. The largest absolute Gasteiger partial charge is 0.742 e. The Morgan fingerprint density at radius 2 is 1.59 bits per heavy atom. The summed E-state index contributed by atoms with van der Waals surface area (Å²) in [7, 11) is 0. The molecule has 0 saturated carbocycles. The Bertz CT molecular complexity index is 191. The Kier molecular flexibility index (Phi) is 10.9. The van der Waals surface area contributed by atoms with Gasteiger partial charge in [-0.05, 0) is 18.3 Å². The minimum absolute atomic E-state index is 0.0700. The van der Waals surface area contributed by atoms with Gasteiger partial charge in [0.15, 0.2) is 0 Å². The van der Waals surface area contributed by atoms with Gasteiger partial charge in [-0.15, -0.1) is 0 Å². The topological polar surface area (TPSA) is 17.1 Å². The lowest BCUT2D eigenvalue weighted by atomic mass is 9.92. The van der Waals surface area contributed by atoms with Crippen LogP contribution in [-0.4, -0.2) is 5.12 Å². The first-order chi connectivity index (χ1) is 8.11. The third-order valence-corrected chi connectivity index (χ3v) is 4.10. The Morgan fingerprint density at radius 1 is 1.00 bits per heavy atom. The molecule has 17 heavy (non-hydrogen) atoms. The minimum Gasteiger partial charge on any atom is -0.742 e. The molecule has 2 unspecified atom stereocenters. The summed E-state index contributed by atoms with van der Waals surface area (Å²) in [5.74, 6) is 1.01. The third kappa shape index (κ3) is 9.58. The van der Waals surface area contributed by atoms with Crippen LogP contribution in [0.4, 0.5) is 0 Å². The van der Waals surface area contributed by atoms with Crippen molar-refractivity contribution in [3.63, 3.8) is 0 Å². The van der Waals surface area contributed by atoms with E-state index in [-0.39, 0.29) is 11.0 Å². The second-order valence-corrected chi connectivity index (χ2v) is 5.68. The average Bonchev–Trinajstić information content (AvgIpc) is 2.32. The van der Waals surface area contributed by atoms with Gasteiger partial charge in [0.05, 0.1) is 0 Å². The van der Waals surface area contributed by atoms with E-state index in [1.807, 2.05) is 6.92 Å². The summed E-state index contributed by atoms with van der Waals surface area (Å²) in [6.45, 7) is 6.52. The summed E-state index contributed by atoms with van der Waals surface area (Å²) in [4.78, 5) is 10.9. The molecule has 102 valence electrons. The van der Waals surface area contributed by atoms with Gasteiger partial charge >= 0.3 is 0 Å². The van der Waals surface area contributed by atoms with Gasteiger partial charge in [-0.25, -0.2) is 0 Å². The van der Waals surface area contributed by atoms with Crippen molar-refractivity contribution in [3.8, 4) is 0 Å². The van der Waals surface area contributed by atoms with Crippen molar-refractivity contribution in [1.82, 2.24) is 0 Å². The molecule has 0 radical (unpaired) electrons. The van der Waals surface area contributed by atoms with Crippen LogP contribution < -0.4 is 0 Å². The zero-order valence-electron chi connectivity index (χ0n) is 11.8. The first-order valence-corrected chi connectivity index (χ1v) is 7.73. The standard InChI is InChI=1S/C15H30OS/c1-4-6-11-14(5-2)12-9-7-8-10-13(3)15(16)17/h13-14H,4-12H2,1-3H3,(H,16,17)/p-1. The molecule has 0 aliphatic carbocycles. The molecule has 2 atom stereocenters. The van der Waals surface area contributed by atoms with Crippen molar-refractivity contribution in [2.24, 2.45) is 11.8 Å². The van der Waals surface area contributed by atoms with Crippen LogP contribution in [0.3, 0.4) is 0 Å². The summed E-state index contributed by atoms with van der Waals surface area (Å²) in [6, 6.07) is 0. The number of unbranched alkanes of at least 4 members (excludes halogenated alkanes) is 3. The van der Waals surface area contributed by atoms with Gasteiger partial charge in [0.1, 0.15) is 0 Å². The van der Waals surface area contributed by atoms with Gasteiger partial charge in [0.25, 0.3) is 0 Å². The number of carbonyl (C=O) groups is 1. The summed E-state index contributed by atoms with van der Waals surface area (Å²) >= 11 is 4.65. The number of hydrogen-bond acceptors (Lipinski definition) is 2. The Hall–Kier alpha value is -0.110. The Labute approximate surface area is 113 Å². The van der Waals surface area contributed by atoms with E-state index in [4.69, 9.17) is 0 Å². The molecule has 0 N–H and O–H groups in total. The highest BCUT2D eigenvalue weighted by Gasteiger charge is 2.06. The van der Waals surface area contributed by atoms with Crippen molar-refractivity contribution in [2.75, 3.05) is 0 Å². The second-order valence-electron chi connectivity index (χ2n) is 5.27. The molecule has 0 heterocycles. The summed E-state index contributed by atoms with van der Waals surface area (Å²) < 4.78 is 0. The van der Waals surface area contributed by atoms with Crippen molar-refractivity contribution < 1.29 is 4.79 Å². The van der Waals surface area contributed by atoms with E-state index in [9.17, 15) is 4.79 Å². The van der Waals surface area contributed by atoms with E-state index < -0.39 is 0 Å². The highest BCUT2D eigenvalue weighted by atomic mass is 32.1. The first kappa shape index (κ1) is 16.9. The van der Waals surface area contributed by atoms with Crippen molar-refractivity contribution >= 4 is 17.7 Å². The predicted molar refractivity (Wildman–Crippen MR) is 77.9 cm³/mol. The third-order valence-electron chi connectivity index (χ3n) is 3.70. The van der Waals surface area contributed by atoms with Crippen LogP contribution in [0.25, 0.3) is 0 Å². The molecule has 0 aromatic rings. The quantitative estimate of drug-likeness (QED) is 0.388. The van der Waals surface area contributed by atoms with Crippen LogP contribution in [0.2, 0.25) is 0 Å². The normalized spacial score (nSPS) is 14.5. The molecule has 1 nitrogen and oxygen atoms in total. The molecule has 0 bridgehead atoms. The van der Waals surface area contributed by atoms with Crippen LogP contribution in [0.1, 0.15) is 78.6 Å². The van der Waals surface area contributed by atoms with Gasteiger partial charge in [-0.1, -0.05) is 72.1 Å². The highest BCUT2D eigenvalue weighted by Crippen LogP contribution is 2.20. The smallest absolute Gasteiger partial charge is 0.0148 e. The number of rotatable bonds is 11. The van der Waals surface area contributed by atoms with Crippen LogP contribution >= 0.6 is 0 Å². The molecule has 0 aromatic heterocycles. The molecule has 0 amide bonds. The lowest BCUT2D eigenvalue weighted by molar-refractivity contribution is -0.114. The van der Waals surface area contributed by atoms with Crippen LogP contribution in [0.5, 0.6) is 0 Å². The van der Waals surface area contributed by atoms with E-state index in [2.05, 4.69) is 26.5 Å². The zero-order valence-corrected chi connectivity index (χ0v) is 12.7. The first-order valence-electron chi connectivity index (χ1n) is 7.32. The van der Waals surface area contributed by atoms with Crippen molar-refractivity contribution in [3.05, 3.63) is 0 Å². The molecular weight excluding hydrogens is 228 g/mol. The lowest BCUT2D eigenvalue weighted by Gasteiger charge is -2.15. The van der Waals surface area contributed by atoms with Gasteiger partial charge in [0, 0.05) is 5.12 Å². The summed E-state index contributed by atoms with van der Waals surface area (Å²) in [5.41, 5.74) is 0. The predicted octanol–water partition coefficient (Wildman–Crippen LogP) is 4.86. The molecule has 0 aromatic carbocycles. The molecule has 0 fully saturated rings. The van der Waals surface area contributed by atoms with Crippen LogP contribution in [0, 0.1) is 11.8 Å². The molecule has 0 aliphatic heterocycles. The fourth-order valence-electron chi connectivity index (χ4n) is 2.22. The van der Waals surface area contributed by atoms with Gasteiger partial charge in [-0.3, -0.25) is 0 Å². The molecule has 0 spiro atoms. The molecular formula is C15H29OS-. The van der Waals surface area contributed by atoms with Gasteiger partial charge < -0.3 is 17.4 Å². The zero-order chi connectivity index (χ0) is 13.1. The van der Waals surface area contributed by atoms with E-state index in [0.29, 0.717) is 0 Å². The van der Waals surface area contributed by atoms with E-state index in [0.717, 1.165) is 18.8 Å². The van der Waals surface area contributed by atoms with E-state index in [1.54, 1.807) is 0 Å². The summed E-state index contributed by atoms with van der Waals surface area (Å²) in [5, 5.41) is -0.0700. The fourth-order valence-corrected chi connectivity index (χ4v) is 2.34. The number of carbonyl (C=O) groups excluding carboxylic acids is 1. The molecule has 0 aliphatic rings. The monoisotopic (exact) mass is 257 g/mol. The van der Waals surface area contributed by atoms with Crippen molar-refractivity contribution in [1.29, 1.82) is 0 Å². The lowest BCUT2D eigenvalue weighted by Crippen LogP contribution is -2.06. The number of hydrogen-bond donors (Lipinski definition) is 0. The van der Waals surface area contributed by atoms with Crippen LogP contribution in [0.15, 0.2) is 0 Å². The molecule has 0 rings (SSSR count). The van der Waals surface area contributed by atoms with Crippen LogP contribution in [-0.2, 0) is 17.4 Å². The Balaban J connectivity index is 3.45. The highest BCUT2D eigenvalue weighted by molar-refractivity contribution is 7.77. The summed E-state index contributed by atoms with van der Waals surface area (Å²) in [6.07, 6.45) is 11.5. The average molecular weight is 257 g/mol. The van der Waals surface area contributed by atoms with E-state index >= 15 is 0 Å². The second kappa shape index (κ2) is 11.0. The van der Waals surface area contributed by atoms with Crippen molar-refractivity contribution in [2.45, 2.75) is 78.6 Å².